The molecule has 2 N–H and O–H groups in total. The van der Waals surface area contributed by atoms with Crippen LogP contribution in [0.25, 0.3) is 0 Å². The number of hydrogen-bond donors (Lipinski definition) is 1. The molecule has 13 heavy (non-hydrogen) atoms. The average molecular weight is 185 g/mol. The Balaban J connectivity index is 1.88. The fourth-order valence-electron chi connectivity index (χ4n) is 2.34. The van der Waals surface area contributed by atoms with Gasteiger partial charge in [0.1, 0.15) is 0 Å². The highest BCUT2D eigenvalue weighted by molar-refractivity contribution is 4.84. The molecule has 2 aliphatic heterocycles. The highest BCUT2D eigenvalue weighted by atomic mass is 16.5. The summed E-state index contributed by atoms with van der Waals surface area (Å²) in [5.41, 5.74) is 6.03. The van der Waals surface area contributed by atoms with Crippen molar-refractivity contribution in [3.63, 3.8) is 0 Å². The molecule has 0 aliphatic carbocycles. The van der Waals surface area contributed by atoms with E-state index in [-0.39, 0.29) is 12.1 Å². The molecule has 0 aromatic carbocycles. The third-order valence-electron chi connectivity index (χ3n) is 3.07. The largest absolute Gasteiger partial charge is 0.381 e. The molecule has 2 saturated heterocycles. The fourth-order valence-corrected chi connectivity index (χ4v) is 2.34. The highest BCUT2D eigenvalue weighted by Gasteiger charge is 2.31. The first-order valence-electron chi connectivity index (χ1n) is 5.33. The van der Waals surface area contributed by atoms with Gasteiger partial charge >= 0.3 is 0 Å². The average Bonchev–Trinajstić information content (AvgIpc) is 2.20. The predicted molar refractivity (Wildman–Crippen MR) is 50.5 cm³/mol. The smallest absolute Gasteiger partial charge is 0.0775 e. The van der Waals surface area contributed by atoms with Crippen molar-refractivity contribution in [3.8, 4) is 0 Å². The lowest BCUT2D eigenvalue weighted by molar-refractivity contribution is -0.0761. The van der Waals surface area contributed by atoms with Gasteiger partial charge in [0, 0.05) is 25.2 Å². The van der Waals surface area contributed by atoms with E-state index < -0.39 is 0 Å². The van der Waals surface area contributed by atoms with E-state index in [1.807, 2.05) is 0 Å². The van der Waals surface area contributed by atoms with Crippen LogP contribution in [0.4, 0.5) is 0 Å². The molecule has 3 nitrogen and oxygen atoms in total. The monoisotopic (exact) mass is 185 g/mol. The molecule has 2 rings (SSSR count). The van der Waals surface area contributed by atoms with Crippen molar-refractivity contribution in [1.82, 2.24) is 0 Å². The molecule has 0 saturated carbocycles. The molecular weight excluding hydrogens is 166 g/mol. The molecular formula is C10H19NO2. The van der Waals surface area contributed by atoms with Crippen LogP contribution >= 0.6 is 0 Å². The Bertz CT molecular complexity index is 157. The summed E-state index contributed by atoms with van der Waals surface area (Å²) in [6, 6.07) is 0.237. The summed E-state index contributed by atoms with van der Waals surface area (Å²) in [6.45, 7) is 2.64. The molecule has 2 fully saturated rings. The molecule has 0 bridgehead atoms. The summed E-state index contributed by atoms with van der Waals surface area (Å²) < 4.78 is 11.2. The van der Waals surface area contributed by atoms with Crippen molar-refractivity contribution in [2.45, 2.75) is 37.8 Å². The molecule has 2 aliphatic rings. The van der Waals surface area contributed by atoms with E-state index in [0.29, 0.717) is 5.92 Å². The topological polar surface area (TPSA) is 44.5 Å². The van der Waals surface area contributed by atoms with Gasteiger partial charge in [-0.05, 0) is 25.7 Å². The lowest BCUT2D eigenvalue weighted by Crippen LogP contribution is -2.47. The zero-order valence-electron chi connectivity index (χ0n) is 8.08. The minimum Gasteiger partial charge on any atom is -0.381 e. The first kappa shape index (κ1) is 9.44. The van der Waals surface area contributed by atoms with E-state index in [1.54, 1.807) is 0 Å². The summed E-state index contributed by atoms with van der Waals surface area (Å²) in [6.07, 6.45) is 4.87. The molecule has 2 heterocycles. The zero-order valence-corrected chi connectivity index (χ0v) is 8.08. The molecule has 3 atom stereocenters. The maximum absolute atomic E-state index is 6.03. The second-order valence-corrected chi connectivity index (χ2v) is 4.12. The van der Waals surface area contributed by atoms with E-state index >= 15 is 0 Å². The van der Waals surface area contributed by atoms with Gasteiger partial charge in [0.25, 0.3) is 0 Å². The number of ether oxygens (including phenoxy) is 2. The maximum atomic E-state index is 6.03. The van der Waals surface area contributed by atoms with Gasteiger partial charge in [-0.1, -0.05) is 0 Å². The van der Waals surface area contributed by atoms with E-state index in [1.165, 1.54) is 6.42 Å². The van der Waals surface area contributed by atoms with Crippen molar-refractivity contribution in [2.24, 2.45) is 11.7 Å². The minimum absolute atomic E-state index is 0.237. The van der Waals surface area contributed by atoms with Gasteiger partial charge in [0.15, 0.2) is 0 Å². The van der Waals surface area contributed by atoms with Crippen LogP contribution in [-0.4, -0.2) is 32.0 Å². The molecule has 0 aromatic rings. The SMILES string of the molecule is NC1CCCOC1C1CCCOC1. The molecule has 0 spiro atoms. The van der Waals surface area contributed by atoms with Crippen LogP contribution in [0.5, 0.6) is 0 Å². The minimum atomic E-state index is 0.237. The summed E-state index contributed by atoms with van der Waals surface area (Å²) >= 11 is 0. The highest BCUT2D eigenvalue weighted by Crippen LogP contribution is 2.25. The Morgan fingerprint density at radius 2 is 1.92 bits per heavy atom. The summed E-state index contributed by atoms with van der Waals surface area (Å²) in [7, 11) is 0. The number of rotatable bonds is 1. The fraction of sp³-hybridized carbons (Fsp3) is 1.00. The Morgan fingerprint density at radius 3 is 2.62 bits per heavy atom. The van der Waals surface area contributed by atoms with Gasteiger partial charge < -0.3 is 15.2 Å². The second-order valence-electron chi connectivity index (χ2n) is 4.12. The Morgan fingerprint density at radius 1 is 1.08 bits per heavy atom. The van der Waals surface area contributed by atoms with Crippen molar-refractivity contribution in [3.05, 3.63) is 0 Å². The van der Waals surface area contributed by atoms with E-state index in [2.05, 4.69) is 0 Å². The summed E-state index contributed by atoms with van der Waals surface area (Å²) in [4.78, 5) is 0. The van der Waals surface area contributed by atoms with Crippen molar-refractivity contribution < 1.29 is 9.47 Å². The Labute approximate surface area is 79.6 Å². The van der Waals surface area contributed by atoms with Crippen LogP contribution in [0.15, 0.2) is 0 Å². The van der Waals surface area contributed by atoms with Crippen LogP contribution in [0.3, 0.4) is 0 Å². The molecule has 0 amide bonds. The van der Waals surface area contributed by atoms with Crippen LogP contribution in [-0.2, 0) is 9.47 Å². The summed E-state index contributed by atoms with van der Waals surface area (Å²) in [5.74, 6) is 0.545. The first-order chi connectivity index (χ1) is 6.38. The normalized spacial score (nSPS) is 41.8. The summed E-state index contributed by atoms with van der Waals surface area (Å²) in [5, 5.41) is 0. The van der Waals surface area contributed by atoms with E-state index in [9.17, 15) is 0 Å². The Hall–Kier alpha value is -0.120. The van der Waals surface area contributed by atoms with Crippen LogP contribution in [0.2, 0.25) is 0 Å². The van der Waals surface area contributed by atoms with Crippen LogP contribution in [0, 0.1) is 5.92 Å². The van der Waals surface area contributed by atoms with E-state index in [0.717, 1.165) is 39.1 Å². The van der Waals surface area contributed by atoms with Crippen molar-refractivity contribution in [1.29, 1.82) is 0 Å². The van der Waals surface area contributed by atoms with Gasteiger partial charge in [-0.3, -0.25) is 0 Å². The lowest BCUT2D eigenvalue weighted by Gasteiger charge is -2.36. The molecule has 3 heteroatoms. The van der Waals surface area contributed by atoms with Gasteiger partial charge in [-0.2, -0.15) is 0 Å². The van der Waals surface area contributed by atoms with Crippen LogP contribution in [0.1, 0.15) is 25.7 Å². The zero-order chi connectivity index (χ0) is 9.10. The van der Waals surface area contributed by atoms with Gasteiger partial charge in [-0.15, -0.1) is 0 Å². The second kappa shape index (κ2) is 4.40. The predicted octanol–water partition coefficient (Wildman–Crippen LogP) is 0.919. The molecule has 0 aromatic heterocycles. The molecule has 3 unspecified atom stereocenters. The van der Waals surface area contributed by atoms with E-state index in [4.69, 9.17) is 15.2 Å². The molecule has 76 valence electrons. The maximum Gasteiger partial charge on any atom is 0.0775 e. The quantitative estimate of drug-likeness (QED) is 0.660. The lowest BCUT2D eigenvalue weighted by atomic mass is 9.88. The standard InChI is InChI=1S/C10H19NO2/c11-9-4-2-6-13-10(9)8-3-1-5-12-7-8/h8-10H,1-7,11H2. The molecule has 0 radical (unpaired) electrons. The number of hydrogen-bond acceptors (Lipinski definition) is 3. The Kier molecular flexibility index (Phi) is 3.19. The van der Waals surface area contributed by atoms with Gasteiger partial charge in [-0.25, -0.2) is 0 Å². The van der Waals surface area contributed by atoms with Gasteiger partial charge in [0.2, 0.25) is 0 Å². The first-order valence-corrected chi connectivity index (χ1v) is 5.33. The van der Waals surface area contributed by atoms with Crippen molar-refractivity contribution in [2.75, 3.05) is 19.8 Å². The third-order valence-corrected chi connectivity index (χ3v) is 3.07. The third kappa shape index (κ3) is 2.22. The van der Waals surface area contributed by atoms with Crippen LogP contribution < -0.4 is 5.73 Å². The van der Waals surface area contributed by atoms with Gasteiger partial charge in [0.05, 0.1) is 12.7 Å². The number of nitrogens with two attached hydrogens (primary N) is 1. The van der Waals surface area contributed by atoms with Crippen molar-refractivity contribution >= 4 is 0 Å².